The Morgan fingerprint density at radius 3 is 2.50 bits per heavy atom. The van der Waals surface area contributed by atoms with E-state index in [0.717, 1.165) is 23.1 Å². The molecule has 0 radical (unpaired) electrons. The number of alkyl halides is 3. The fourth-order valence-corrected chi connectivity index (χ4v) is 3.17. The van der Waals surface area contributed by atoms with E-state index in [4.69, 9.17) is 12.2 Å². The molecule has 0 unspecified atom stereocenters. The smallest absolute Gasteiger partial charge is 0.416 e. The Bertz CT molecular complexity index is 1040. The summed E-state index contributed by atoms with van der Waals surface area (Å²) in [5.74, 6) is -1.67. The summed E-state index contributed by atoms with van der Waals surface area (Å²) in [6, 6.07) is 8.37. The first kappa shape index (κ1) is 20.0. The highest BCUT2D eigenvalue weighted by Crippen LogP contribution is 2.33. The predicted molar refractivity (Wildman–Crippen MR) is 103 cm³/mol. The van der Waals surface area contributed by atoms with E-state index in [9.17, 15) is 27.9 Å². The molecule has 2 aromatic carbocycles. The lowest BCUT2D eigenvalue weighted by atomic mass is 10.1. The van der Waals surface area contributed by atoms with Crippen LogP contribution in [0.15, 0.2) is 52.5 Å². The van der Waals surface area contributed by atoms with Crippen LogP contribution in [-0.2, 0) is 15.8 Å². The Morgan fingerprint density at radius 2 is 1.86 bits per heavy atom. The summed E-state index contributed by atoms with van der Waals surface area (Å²) in [6.45, 7) is 0. The summed E-state index contributed by atoms with van der Waals surface area (Å²) in [6.07, 6.45) is -3.35. The second kappa shape index (κ2) is 7.36. The molecular weight excluding hydrogens is 461 g/mol. The maximum absolute atomic E-state index is 13.0. The molecule has 2 N–H and O–H groups in total. The van der Waals surface area contributed by atoms with Gasteiger partial charge in [-0.2, -0.15) is 13.2 Å². The minimum absolute atomic E-state index is 0.0339. The third-order valence-electron chi connectivity index (χ3n) is 3.82. The standard InChI is InChI=1S/C18H10BrF3N2O3S/c19-13-7-9(4-5-14(13)25)6-12-15(26)23-17(28)24(16(12)27)11-3-1-2-10(8-11)18(20,21)22/h1-8,25H,(H,23,26,28)/b12-6+. The highest BCUT2D eigenvalue weighted by atomic mass is 79.9. The van der Waals surface area contributed by atoms with Crippen molar-refractivity contribution in [2.75, 3.05) is 4.90 Å². The molecule has 1 saturated heterocycles. The number of anilines is 1. The zero-order valence-electron chi connectivity index (χ0n) is 13.7. The van der Waals surface area contributed by atoms with Crippen LogP contribution in [0.2, 0.25) is 0 Å². The lowest BCUT2D eigenvalue weighted by Crippen LogP contribution is -2.54. The van der Waals surface area contributed by atoms with E-state index >= 15 is 0 Å². The maximum Gasteiger partial charge on any atom is 0.416 e. The first-order chi connectivity index (χ1) is 13.1. The molecule has 0 spiro atoms. The number of rotatable bonds is 2. The molecule has 0 saturated carbocycles. The number of phenols is 1. The molecular formula is C18H10BrF3N2O3S. The molecule has 3 rings (SSSR count). The summed E-state index contributed by atoms with van der Waals surface area (Å²) in [7, 11) is 0. The Kier molecular flexibility index (Phi) is 5.26. The number of hydrogen-bond acceptors (Lipinski definition) is 4. The van der Waals surface area contributed by atoms with Gasteiger partial charge in [-0.25, -0.2) is 0 Å². The zero-order valence-corrected chi connectivity index (χ0v) is 16.2. The summed E-state index contributed by atoms with van der Waals surface area (Å²) >= 11 is 8.10. The highest BCUT2D eigenvalue weighted by Gasteiger charge is 2.36. The summed E-state index contributed by atoms with van der Waals surface area (Å²) in [5, 5.41) is 11.5. The molecule has 5 nitrogen and oxygen atoms in total. The third-order valence-corrected chi connectivity index (χ3v) is 4.74. The van der Waals surface area contributed by atoms with Crippen molar-refractivity contribution in [3.63, 3.8) is 0 Å². The van der Waals surface area contributed by atoms with Crippen molar-refractivity contribution < 1.29 is 27.9 Å². The molecule has 1 aliphatic heterocycles. The quantitative estimate of drug-likeness (QED) is 0.395. The van der Waals surface area contributed by atoms with E-state index in [1.54, 1.807) is 0 Å². The summed E-state index contributed by atoms with van der Waals surface area (Å²) in [4.78, 5) is 25.9. The van der Waals surface area contributed by atoms with Crippen LogP contribution < -0.4 is 10.2 Å². The summed E-state index contributed by atoms with van der Waals surface area (Å²) in [5.41, 5.74) is -0.975. The largest absolute Gasteiger partial charge is 0.507 e. The van der Waals surface area contributed by atoms with Gasteiger partial charge in [-0.05, 0) is 70.1 Å². The molecule has 1 fully saturated rings. The van der Waals surface area contributed by atoms with Gasteiger partial charge < -0.3 is 5.11 Å². The van der Waals surface area contributed by atoms with Crippen molar-refractivity contribution in [3.8, 4) is 5.75 Å². The lowest BCUT2D eigenvalue weighted by molar-refractivity contribution is -0.137. The van der Waals surface area contributed by atoms with Crippen molar-refractivity contribution in [1.82, 2.24) is 5.32 Å². The first-order valence-corrected chi connectivity index (χ1v) is 8.85. The van der Waals surface area contributed by atoms with Gasteiger partial charge in [0, 0.05) is 0 Å². The van der Waals surface area contributed by atoms with E-state index in [2.05, 4.69) is 21.2 Å². The number of amides is 2. The van der Waals surface area contributed by atoms with Crippen molar-refractivity contribution in [2.45, 2.75) is 6.18 Å². The van der Waals surface area contributed by atoms with Gasteiger partial charge >= 0.3 is 6.18 Å². The minimum Gasteiger partial charge on any atom is -0.507 e. The molecule has 0 aromatic heterocycles. The van der Waals surface area contributed by atoms with Gasteiger partial charge in [0.05, 0.1) is 15.7 Å². The molecule has 1 aliphatic rings. The van der Waals surface area contributed by atoms with Crippen LogP contribution in [-0.4, -0.2) is 22.0 Å². The van der Waals surface area contributed by atoms with Crippen LogP contribution in [0, 0.1) is 0 Å². The number of nitrogens with zero attached hydrogens (tertiary/aromatic N) is 1. The predicted octanol–water partition coefficient (Wildman–Crippen LogP) is 4.00. The number of benzene rings is 2. The van der Waals surface area contributed by atoms with Gasteiger partial charge in [-0.3, -0.25) is 19.8 Å². The topological polar surface area (TPSA) is 69.6 Å². The second-order valence-corrected chi connectivity index (χ2v) is 6.96. The lowest BCUT2D eigenvalue weighted by Gasteiger charge is -2.29. The average Bonchev–Trinajstić information content (AvgIpc) is 2.61. The molecule has 2 amide bonds. The average molecular weight is 471 g/mol. The van der Waals surface area contributed by atoms with E-state index in [0.29, 0.717) is 10.0 Å². The van der Waals surface area contributed by atoms with E-state index in [1.807, 2.05) is 0 Å². The minimum atomic E-state index is -4.60. The van der Waals surface area contributed by atoms with Crippen LogP contribution in [0.4, 0.5) is 18.9 Å². The molecule has 0 bridgehead atoms. The Labute approximate surface area is 170 Å². The van der Waals surface area contributed by atoms with Crippen molar-refractivity contribution in [2.24, 2.45) is 0 Å². The number of carbonyl (C=O) groups excluding carboxylic acids is 2. The van der Waals surface area contributed by atoms with Gasteiger partial charge in [-0.1, -0.05) is 12.1 Å². The van der Waals surface area contributed by atoms with Gasteiger partial charge in [0.15, 0.2) is 5.11 Å². The van der Waals surface area contributed by atoms with Gasteiger partial charge in [0.25, 0.3) is 11.8 Å². The molecule has 144 valence electrons. The number of halogens is 4. The van der Waals surface area contributed by atoms with E-state index in [-0.39, 0.29) is 22.1 Å². The highest BCUT2D eigenvalue weighted by molar-refractivity contribution is 9.10. The maximum atomic E-state index is 13.0. The fourth-order valence-electron chi connectivity index (χ4n) is 2.49. The molecule has 0 aliphatic carbocycles. The van der Waals surface area contributed by atoms with Crippen LogP contribution in [0.1, 0.15) is 11.1 Å². The van der Waals surface area contributed by atoms with E-state index in [1.165, 1.54) is 30.3 Å². The molecule has 28 heavy (non-hydrogen) atoms. The Morgan fingerprint density at radius 1 is 1.14 bits per heavy atom. The van der Waals surface area contributed by atoms with Gasteiger partial charge in [0.1, 0.15) is 11.3 Å². The number of hydrogen-bond donors (Lipinski definition) is 2. The number of phenolic OH excluding ortho intramolecular Hbond substituents is 1. The molecule has 1 heterocycles. The van der Waals surface area contributed by atoms with Gasteiger partial charge in [-0.15, -0.1) is 0 Å². The van der Waals surface area contributed by atoms with Crippen LogP contribution in [0.25, 0.3) is 6.08 Å². The zero-order chi connectivity index (χ0) is 20.6. The fraction of sp³-hybridized carbons (Fsp3) is 0.0556. The monoisotopic (exact) mass is 470 g/mol. The SMILES string of the molecule is O=C1NC(=S)N(c2cccc(C(F)(F)F)c2)C(=O)/C1=C/c1ccc(O)c(Br)c1. The first-order valence-electron chi connectivity index (χ1n) is 7.65. The van der Waals surface area contributed by atoms with Crippen LogP contribution in [0.3, 0.4) is 0 Å². The second-order valence-electron chi connectivity index (χ2n) is 5.72. The normalized spacial score (nSPS) is 16.5. The van der Waals surface area contributed by atoms with Crippen molar-refractivity contribution >= 4 is 56.8 Å². The number of carbonyl (C=O) groups is 2. The van der Waals surface area contributed by atoms with Crippen LogP contribution in [0.5, 0.6) is 5.75 Å². The Balaban J connectivity index is 2.03. The van der Waals surface area contributed by atoms with Crippen LogP contribution >= 0.6 is 28.1 Å². The molecule has 2 aromatic rings. The number of nitrogens with one attached hydrogen (secondary N) is 1. The molecule has 10 heteroatoms. The van der Waals surface area contributed by atoms with Gasteiger partial charge in [0.2, 0.25) is 0 Å². The third kappa shape index (κ3) is 3.92. The molecule has 0 atom stereocenters. The summed E-state index contributed by atoms with van der Waals surface area (Å²) < 4.78 is 39.3. The van der Waals surface area contributed by atoms with Crippen molar-refractivity contribution in [3.05, 3.63) is 63.6 Å². The number of thiocarbonyl (C=S) groups is 1. The van der Waals surface area contributed by atoms with E-state index < -0.39 is 23.6 Å². The van der Waals surface area contributed by atoms with Crippen molar-refractivity contribution in [1.29, 1.82) is 0 Å². The number of aromatic hydroxyl groups is 1. The Hall–Kier alpha value is -2.72.